The molecule has 1 fully saturated rings. The van der Waals surface area contributed by atoms with E-state index in [1.807, 2.05) is 32.9 Å². The van der Waals surface area contributed by atoms with Crippen LogP contribution in [0.3, 0.4) is 0 Å². The number of nitrogens with one attached hydrogen (secondary N) is 1. The Labute approximate surface area is 228 Å². The van der Waals surface area contributed by atoms with Crippen LogP contribution in [-0.2, 0) is 27.2 Å². The third kappa shape index (κ3) is 8.98. The molecule has 214 valence electrons. The third-order valence-electron chi connectivity index (χ3n) is 7.99. The van der Waals surface area contributed by atoms with Gasteiger partial charge in [-0.2, -0.15) is 0 Å². The molecule has 0 spiro atoms. The Morgan fingerprint density at radius 2 is 1.92 bits per heavy atom. The molecule has 0 aliphatic heterocycles. The Morgan fingerprint density at radius 1 is 1.16 bits per heavy atom. The normalized spacial score (nSPS) is 24.2. The number of fused-ring (bicyclic) bond motifs is 2. The van der Waals surface area contributed by atoms with Crippen LogP contribution in [0.5, 0.6) is 5.75 Å². The maximum atomic E-state index is 12.4. The highest BCUT2D eigenvalue weighted by Gasteiger charge is 2.44. The largest absolute Gasteiger partial charge is 0.482 e. The first kappa shape index (κ1) is 30.4. The first-order chi connectivity index (χ1) is 18.0. The quantitative estimate of drug-likeness (QED) is 0.251. The van der Waals surface area contributed by atoms with Crippen LogP contribution in [0.25, 0.3) is 0 Å². The molecular formula is C31H49NO6. The second kappa shape index (κ2) is 13.8. The smallest absolute Gasteiger partial charge is 0.344 e. The zero-order chi connectivity index (χ0) is 27.9. The number of amides is 1. The maximum Gasteiger partial charge on any atom is 0.344 e. The van der Waals surface area contributed by atoms with E-state index < -0.39 is 12.1 Å². The van der Waals surface area contributed by atoms with Gasteiger partial charge in [0, 0.05) is 5.54 Å². The van der Waals surface area contributed by atoms with Gasteiger partial charge in [0.2, 0.25) is 5.91 Å². The number of aliphatic hydroxyl groups excluding tert-OH is 2. The van der Waals surface area contributed by atoms with Crippen molar-refractivity contribution in [3.05, 3.63) is 29.3 Å². The van der Waals surface area contributed by atoms with Crippen molar-refractivity contribution in [2.24, 2.45) is 17.8 Å². The predicted octanol–water partition coefficient (Wildman–Crippen LogP) is 4.74. The molecule has 7 heteroatoms. The SMILES string of the molecule is CCCCC[C@H](O)CC[C@@H]1[C@H]2Cc3cccc(OCC(=O)OC(C)CC(=O)NC(C)(C)C)c3C[C@H]2C[C@H]1O. The number of hydrogen-bond acceptors (Lipinski definition) is 6. The van der Waals surface area contributed by atoms with Crippen LogP contribution in [-0.4, -0.2) is 52.5 Å². The highest BCUT2D eigenvalue weighted by atomic mass is 16.6. The Hall–Kier alpha value is -2.12. The zero-order valence-electron chi connectivity index (χ0n) is 24.0. The summed E-state index contributed by atoms with van der Waals surface area (Å²) in [6, 6.07) is 5.97. The second-order valence-corrected chi connectivity index (χ2v) is 12.5. The first-order valence-electron chi connectivity index (χ1n) is 14.6. The molecular weight excluding hydrogens is 482 g/mol. The molecule has 7 nitrogen and oxygen atoms in total. The zero-order valence-corrected chi connectivity index (χ0v) is 24.0. The summed E-state index contributed by atoms with van der Waals surface area (Å²) in [6.07, 6.45) is 7.25. The van der Waals surface area contributed by atoms with E-state index >= 15 is 0 Å². The van der Waals surface area contributed by atoms with Gasteiger partial charge in [0.15, 0.2) is 6.61 Å². The van der Waals surface area contributed by atoms with Gasteiger partial charge in [0.1, 0.15) is 11.9 Å². The van der Waals surface area contributed by atoms with Crippen molar-refractivity contribution in [3.63, 3.8) is 0 Å². The fourth-order valence-corrected chi connectivity index (χ4v) is 6.27. The van der Waals surface area contributed by atoms with Crippen LogP contribution in [0.15, 0.2) is 18.2 Å². The molecule has 1 aromatic rings. The molecule has 2 aliphatic carbocycles. The van der Waals surface area contributed by atoms with Crippen molar-refractivity contribution in [2.75, 3.05) is 6.61 Å². The average Bonchev–Trinajstić information content (AvgIpc) is 3.12. The van der Waals surface area contributed by atoms with Crippen LogP contribution in [0, 0.1) is 17.8 Å². The molecule has 38 heavy (non-hydrogen) atoms. The molecule has 0 saturated heterocycles. The van der Waals surface area contributed by atoms with Crippen molar-refractivity contribution in [1.82, 2.24) is 5.32 Å². The highest BCUT2D eigenvalue weighted by Crippen LogP contribution is 2.48. The van der Waals surface area contributed by atoms with Crippen molar-refractivity contribution in [3.8, 4) is 5.75 Å². The van der Waals surface area contributed by atoms with E-state index in [-0.39, 0.29) is 42.6 Å². The number of hydrogen-bond donors (Lipinski definition) is 3. The topological polar surface area (TPSA) is 105 Å². The van der Waals surface area contributed by atoms with Gasteiger partial charge in [-0.05, 0) is 101 Å². The molecule has 0 aromatic heterocycles. The van der Waals surface area contributed by atoms with E-state index in [1.165, 1.54) is 5.56 Å². The Kier molecular flexibility index (Phi) is 11.0. The van der Waals surface area contributed by atoms with E-state index in [4.69, 9.17) is 9.47 Å². The number of carbonyl (C=O) groups excluding carboxylic acids is 2. The van der Waals surface area contributed by atoms with Crippen LogP contribution < -0.4 is 10.1 Å². The molecule has 1 saturated carbocycles. The molecule has 0 heterocycles. The fourth-order valence-electron chi connectivity index (χ4n) is 6.27. The van der Waals surface area contributed by atoms with Gasteiger partial charge in [-0.3, -0.25) is 4.79 Å². The summed E-state index contributed by atoms with van der Waals surface area (Å²) >= 11 is 0. The lowest BCUT2D eigenvalue weighted by Crippen LogP contribution is -2.42. The predicted molar refractivity (Wildman–Crippen MR) is 148 cm³/mol. The van der Waals surface area contributed by atoms with E-state index in [1.54, 1.807) is 6.92 Å². The van der Waals surface area contributed by atoms with E-state index in [2.05, 4.69) is 18.3 Å². The molecule has 2 aliphatic rings. The van der Waals surface area contributed by atoms with Gasteiger partial charge >= 0.3 is 5.97 Å². The number of carbonyl (C=O) groups is 2. The minimum atomic E-state index is -0.541. The monoisotopic (exact) mass is 531 g/mol. The minimum Gasteiger partial charge on any atom is -0.482 e. The lowest BCUT2D eigenvalue weighted by molar-refractivity contribution is -0.151. The standard InChI is InChI=1S/C31H49NO6/c1-6-7-8-11-23(33)13-14-24-25-16-21-10-9-12-28(26(21)17-22(25)18-27(24)34)37-19-30(36)38-20(2)15-29(35)32-31(3,4)5/h9-10,12,20,22-25,27,33-34H,6-8,11,13-19H2,1-5H3,(H,32,35)/t20?,22-,23-,24+,25-,27+/m0/s1. The maximum absolute atomic E-state index is 12.4. The van der Waals surface area contributed by atoms with Crippen molar-refractivity contribution < 1.29 is 29.3 Å². The lowest BCUT2D eigenvalue weighted by atomic mass is 9.73. The van der Waals surface area contributed by atoms with Gasteiger partial charge in [-0.1, -0.05) is 38.3 Å². The summed E-state index contributed by atoms with van der Waals surface area (Å²) in [5.74, 6) is 1.03. The molecule has 0 radical (unpaired) electrons. The Bertz CT molecular complexity index is 925. The van der Waals surface area contributed by atoms with E-state index in [9.17, 15) is 19.8 Å². The van der Waals surface area contributed by atoms with Gasteiger partial charge in [-0.25, -0.2) is 4.79 Å². The molecule has 1 unspecified atom stereocenters. The van der Waals surface area contributed by atoms with Crippen LogP contribution in [0.4, 0.5) is 0 Å². The van der Waals surface area contributed by atoms with Crippen molar-refractivity contribution in [2.45, 2.75) is 123 Å². The Balaban J connectivity index is 1.52. The number of benzene rings is 1. The summed E-state index contributed by atoms with van der Waals surface area (Å²) in [5, 5.41) is 24.2. The van der Waals surface area contributed by atoms with Gasteiger partial charge in [0.05, 0.1) is 18.6 Å². The molecule has 6 atom stereocenters. The number of esters is 1. The van der Waals surface area contributed by atoms with Crippen molar-refractivity contribution in [1.29, 1.82) is 0 Å². The highest BCUT2D eigenvalue weighted by molar-refractivity contribution is 5.78. The number of aliphatic hydroxyl groups is 2. The van der Waals surface area contributed by atoms with E-state index in [0.29, 0.717) is 17.6 Å². The van der Waals surface area contributed by atoms with Gasteiger partial charge < -0.3 is 25.0 Å². The number of rotatable bonds is 13. The molecule has 0 bridgehead atoms. The van der Waals surface area contributed by atoms with E-state index in [0.717, 1.165) is 63.4 Å². The summed E-state index contributed by atoms with van der Waals surface area (Å²) < 4.78 is 11.3. The van der Waals surface area contributed by atoms with Crippen LogP contribution in [0.2, 0.25) is 0 Å². The molecule has 1 amide bonds. The van der Waals surface area contributed by atoms with Crippen molar-refractivity contribution >= 4 is 11.9 Å². The fraction of sp³-hybridized carbons (Fsp3) is 0.742. The van der Waals surface area contributed by atoms with Gasteiger partial charge in [0.25, 0.3) is 0 Å². The molecule has 1 aromatic carbocycles. The van der Waals surface area contributed by atoms with Crippen LogP contribution >= 0.6 is 0 Å². The minimum absolute atomic E-state index is 0.103. The summed E-state index contributed by atoms with van der Waals surface area (Å²) in [6.45, 7) is 9.38. The van der Waals surface area contributed by atoms with Gasteiger partial charge in [-0.15, -0.1) is 0 Å². The number of unbranched alkanes of at least 4 members (excludes halogenated alkanes) is 2. The molecule has 3 N–H and O–H groups in total. The average molecular weight is 532 g/mol. The van der Waals surface area contributed by atoms with Crippen LogP contribution in [0.1, 0.15) is 97.1 Å². The third-order valence-corrected chi connectivity index (χ3v) is 7.99. The second-order valence-electron chi connectivity index (χ2n) is 12.5. The molecule has 3 rings (SSSR count). The summed E-state index contributed by atoms with van der Waals surface area (Å²) in [7, 11) is 0. The Morgan fingerprint density at radius 3 is 2.63 bits per heavy atom. The lowest BCUT2D eigenvalue weighted by Gasteiger charge is -2.32. The summed E-state index contributed by atoms with van der Waals surface area (Å²) in [4.78, 5) is 24.5. The number of ether oxygens (including phenoxy) is 2. The summed E-state index contributed by atoms with van der Waals surface area (Å²) in [5.41, 5.74) is 2.00. The first-order valence-corrected chi connectivity index (χ1v) is 14.6.